The Bertz CT molecular complexity index is 296. The Morgan fingerprint density at radius 1 is 1.29 bits per heavy atom. The van der Waals surface area contributed by atoms with Crippen LogP contribution in [0.2, 0.25) is 0 Å². The Kier molecular flexibility index (Phi) is 6.97. The SMILES string of the molecule is CCCCOCCCNC(C)c1ccc(C)o1. The van der Waals surface area contributed by atoms with Crippen molar-refractivity contribution in [2.24, 2.45) is 0 Å². The minimum Gasteiger partial charge on any atom is -0.465 e. The van der Waals surface area contributed by atoms with Crippen LogP contribution in [0.5, 0.6) is 0 Å². The summed E-state index contributed by atoms with van der Waals surface area (Å²) >= 11 is 0. The molecule has 0 saturated heterocycles. The number of aryl methyl sites for hydroxylation is 1. The Morgan fingerprint density at radius 2 is 2.06 bits per heavy atom. The monoisotopic (exact) mass is 239 g/mol. The fourth-order valence-electron chi connectivity index (χ4n) is 1.63. The van der Waals surface area contributed by atoms with Crippen molar-refractivity contribution in [2.45, 2.75) is 46.1 Å². The van der Waals surface area contributed by atoms with E-state index in [1.165, 1.54) is 6.42 Å². The van der Waals surface area contributed by atoms with E-state index in [9.17, 15) is 0 Å². The zero-order valence-corrected chi connectivity index (χ0v) is 11.3. The Balaban J connectivity index is 2.03. The molecule has 1 atom stereocenters. The molecule has 1 unspecified atom stereocenters. The lowest BCUT2D eigenvalue weighted by molar-refractivity contribution is 0.128. The van der Waals surface area contributed by atoms with Crippen LogP contribution in [-0.2, 0) is 4.74 Å². The third kappa shape index (κ3) is 5.89. The molecular formula is C14H25NO2. The van der Waals surface area contributed by atoms with Crippen molar-refractivity contribution < 1.29 is 9.15 Å². The summed E-state index contributed by atoms with van der Waals surface area (Å²) in [5, 5.41) is 3.43. The van der Waals surface area contributed by atoms with E-state index in [-0.39, 0.29) is 6.04 Å². The van der Waals surface area contributed by atoms with Crippen LogP contribution >= 0.6 is 0 Å². The minimum atomic E-state index is 0.277. The number of nitrogens with one attached hydrogen (secondary N) is 1. The van der Waals surface area contributed by atoms with Crippen LogP contribution in [0, 0.1) is 6.92 Å². The number of hydrogen-bond acceptors (Lipinski definition) is 3. The summed E-state index contributed by atoms with van der Waals surface area (Å²) in [7, 11) is 0. The minimum absolute atomic E-state index is 0.277. The summed E-state index contributed by atoms with van der Waals surface area (Å²) in [6, 6.07) is 4.31. The number of unbranched alkanes of at least 4 members (excludes halogenated alkanes) is 1. The van der Waals surface area contributed by atoms with Crippen LogP contribution in [0.15, 0.2) is 16.5 Å². The average molecular weight is 239 g/mol. The number of rotatable bonds is 9. The molecule has 3 heteroatoms. The fraction of sp³-hybridized carbons (Fsp3) is 0.714. The zero-order valence-electron chi connectivity index (χ0n) is 11.3. The van der Waals surface area contributed by atoms with Crippen molar-refractivity contribution in [3.63, 3.8) is 0 Å². The van der Waals surface area contributed by atoms with E-state index in [0.29, 0.717) is 0 Å². The molecule has 0 radical (unpaired) electrons. The molecule has 0 bridgehead atoms. The first-order valence-corrected chi connectivity index (χ1v) is 6.61. The molecule has 0 fully saturated rings. The van der Waals surface area contributed by atoms with Crippen molar-refractivity contribution >= 4 is 0 Å². The van der Waals surface area contributed by atoms with E-state index in [2.05, 4.69) is 19.2 Å². The average Bonchev–Trinajstić information content (AvgIpc) is 2.74. The lowest BCUT2D eigenvalue weighted by Crippen LogP contribution is -2.20. The molecule has 17 heavy (non-hydrogen) atoms. The lowest BCUT2D eigenvalue weighted by atomic mass is 10.2. The highest BCUT2D eigenvalue weighted by Gasteiger charge is 2.07. The first-order chi connectivity index (χ1) is 8.24. The van der Waals surface area contributed by atoms with E-state index in [0.717, 1.165) is 44.1 Å². The predicted octanol–water partition coefficient (Wildman–Crippen LogP) is 3.45. The first kappa shape index (κ1) is 14.3. The summed E-state index contributed by atoms with van der Waals surface area (Å²) in [5.41, 5.74) is 0. The van der Waals surface area contributed by atoms with Crippen LogP contribution in [0.1, 0.15) is 50.7 Å². The van der Waals surface area contributed by atoms with Gasteiger partial charge in [-0.05, 0) is 45.4 Å². The van der Waals surface area contributed by atoms with Gasteiger partial charge in [-0.2, -0.15) is 0 Å². The molecule has 0 aromatic carbocycles. The van der Waals surface area contributed by atoms with Crippen molar-refractivity contribution in [1.82, 2.24) is 5.32 Å². The highest BCUT2D eigenvalue weighted by molar-refractivity contribution is 5.08. The summed E-state index contributed by atoms with van der Waals surface area (Å²) in [6.45, 7) is 8.97. The molecule has 1 aromatic heterocycles. The molecule has 0 aliphatic rings. The standard InChI is InChI=1S/C14H25NO2/c1-4-5-10-16-11-6-9-15-13(3)14-8-7-12(2)17-14/h7-8,13,15H,4-6,9-11H2,1-3H3. The van der Waals surface area contributed by atoms with Gasteiger partial charge < -0.3 is 14.5 Å². The molecule has 0 aliphatic carbocycles. The highest BCUT2D eigenvalue weighted by atomic mass is 16.5. The number of ether oxygens (including phenoxy) is 1. The molecule has 0 saturated carbocycles. The second-order valence-corrected chi connectivity index (χ2v) is 4.44. The number of hydrogen-bond donors (Lipinski definition) is 1. The molecule has 3 nitrogen and oxygen atoms in total. The van der Waals surface area contributed by atoms with Crippen LogP contribution in [0.25, 0.3) is 0 Å². The second-order valence-electron chi connectivity index (χ2n) is 4.44. The van der Waals surface area contributed by atoms with Gasteiger partial charge in [-0.15, -0.1) is 0 Å². The lowest BCUT2D eigenvalue weighted by Gasteiger charge is -2.11. The third-order valence-electron chi connectivity index (χ3n) is 2.75. The van der Waals surface area contributed by atoms with Gasteiger partial charge in [-0.1, -0.05) is 13.3 Å². The van der Waals surface area contributed by atoms with Gasteiger partial charge in [0.2, 0.25) is 0 Å². The molecule has 0 amide bonds. The van der Waals surface area contributed by atoms with Gasteiger partial charge in [0.05, 0.1) is 6.04 Å². The molecular weight excluding hydrogens is 214 g/mol. The van der Waals surface area contributed by atoms with Gasteiger partial charge in [-0.3, -0.25) is 0 Å². The van der Waals surface area contributed by atoms with Crippen LogP contribution in [0.3, 0.4) is 0 Å². The van der Waals surface area contributed by atoms with Crippen LogP contribution < -0.4 is 5.32 Å². The second kappa shape index (κ2) is 8.31. The van der Waals surface area contributed by atoms with Crippen molar-refractivity contribution in [1.29, 1.82) is 0 Å². The summed E-state index contributed by atoms with van der Waals surface area (Å²) in [6.07, 6.45) is 3.41. The smallest absolute Gasteiger partial charge is 0.120 e. The maximum absolute atomic E-state index is 5.56. The normalized spacial score (nSPS) is 12.9. The van der Waals surface area contributed by atoms with Crippen molar-refractivity contribution in [3.8, 4) is 0 Å². The van der Waals surface area contributed by atoms with Gasteiger partial charge in [0.25, 0.3) is 0 Å². The summed E-state index contributed by atoms with van der Waals surface area (Å²) in [5.74, 6) is 1.98. The van der Waals surface area contributed by atoms with Gasteiger partial charge in [-0.25, -0.2) is 0 Å². The topological polar surface area (TPSA) is 34.4 Å². The summed E-state index contributed by atoms with van der Waals surface area (Å²) < 4.78 is 11.1. The molecule has 0 aliphatic heterocycles. The maximum atomic E-state index is 5.56. The van der Waals surface area contributed by atoms with Gasteiger partial charge in [0.15, 0.2) is 0 Å². The molecule has 1 rings (SSSR count). The van der Waals surface area contributed by atoms with Crippen molar-refractivity contribution in [3.05, 3.63) is 23.7 Å². The van der Waals surface area contributed by atoms with Crippen LogP contribution in [-0.4, -0.2) is 19.8 Å². The Labute approximate surface area is 105 Å². The zero-order chi connectivity index (χ0) is 12.5. The molecule has 98 valence electrons. The Hall–Kier alpha value is -0.800. The highest BCUT2D eigenvalue weighted by Crippen LogP contribution is 2.15. The van der Waals surface area contributed by atoms with Crippen LogP contribution in [0.4, 0.5) is 0 Å². The third-order valence-corrected chi connectivity index (χ3v) is 2.75. The molecule has 1 heterocycles. The fourth-order valence-corrected chi connectivity index (χ4v) is 1.63. The number of furan rings is 1. The van der Waals surface area contributed by atoms with E-state index >= 15 is 0 Å². The van der Waals surface area contributed by atoms with Gasteiger partial charge in [0, 0.05) is 13.2 Å². The van der Waals surface area contributed by atoms with Crippen molar-refractivity contribution in [2.75, 3.05) is 19.8 Å². The maximum Gasteiger partial charge on any atom is 0.120 e. The van der Waals surface area contributed by atoms with E-state index in [1.54, 1.807) is 0 Å². The molecule has 1 aromatic rings. The first-order valence-electron chi connectivity index (χ1n) is 6.61. The van der Waals surface area contributed by atoms with E-state index < -0.39 is 0 Å². The predicted molar refractivity (Wildman–Crippen MR) is 70.2 cm³/mol. The van der Waals surface area contributed by atoms with E-state index in [4.69, 9.17) is 9.15 Å². The largest absolute Gasteiger partial charge is 0.465 e. The molecule has 0 spiro atoms. The quantitative estimate of drug-likeness (QED) is 0.670. The van der Waals surface area contributed by atoms with E-state index in [1.807, 2.05) is 19.1 Å². The summed E-state index contributed by atoms with van der Waals surface area (Å²) in [4.78, 5) is 0. The van der Waals surface area contributed by atoms with Gasteiger partial charge in [0.1, 0.15) is 11.5 Å². The molecule has 1 N–H and O–H groups in total. The van der Waals surface area contributed by atoms with Gasteiger partial charge >= 0.3 is 0 Å². The Morgan fingerprint density at radius 3 is 2.71 bits per heavy atom.